The van der Waals surface area contributed by atoms with Crippen LogP contribution in [-0.4, -0.2) is 26.2 Å². The van der Waals surface area contributed by atoms with Crippen LogP contribution in [0.4, 0.5) is 0 Å². The van der Waals surface area contributed by atoms with Gasteiger partial charge in [-0.05, 0) is 112 Å². The summed E-state index contributed by atoms with van der Waals surface area (Å²) in [4.78, 5) is 0. The molecule has 22 heavy (non-hydrogen) atoms. The van der Waals surface area contributed by atoms with E-state index in [0.717, 1.165) is 73.5 Å². The highest BCUT2D eigenvalue weighted by Crippen LogP contribution is 2.51. The fourth-order valence-corrected chi connectivity index (χ4v) is 6.38. The number of hydrogen-bond donors (Lipinski definition) is 4. The standard InChI is InChI=1S/2C9H18N2/c2*10-4-7-1-6-2-8(5-11)9(7)3-6/h2*6-9H,1-5,10-11H2. The van der Waals surface area contributed by atoms with Gasteiger partial charge in [0.25, 0.3) is 0 Å². The van der Waals surface area contributed by atoms with Crippen molar-refractivity contribution in [2.24, 2.45) is 70.3 Å². The highest BCUT2D eigenvalue weighted by molar-refractivity contribution is 4.96. The summed E-state index contributed by atoms with van der Waals surface area (Å²) in [5.74, 6) is 6.95. The molecule has 0 aromatic heterocycles. The number of nitrogens with two attached hydrogens (primary N) is 4. The maximum absolute atomic E-state index is 5.70. The molecule has 0 heterocycles. The van der Waals surface area contributed by atoms with Crippen LogP contribution in [0.2, 0.25) is 0 Å². The summed E-state index contributed by atoms with van der Waals surface area (Å²) in [5, 5.41) is 0. The fourth-order valence-electron chi connectivity index (χ4n) is 6.38. The lowest BCUT2D eigenvalue weighted by atomic mass is 9.81. The van der Waals surface area contributed by atoms with E-state index in [1.54, 1.807) is 0 Å². The highest BCUT2D eigenvalue weighted by Gasteiger charge is 2.45. The molecule has 4 nitrogen and oxygen atoms in total. The maximum Gasteiger partial charge on any atom is -0.00460 e. The second kappa shape index (κ2) is 7.16. The van der Waals surface area contributed by atoms with Gasteiger partial charge in [-0.25, -0.2) is 0 Å². The molecule has 0 spiro atoms. The van der Waals surface area contributed by atoms with Crippen LogP contribution < -0.4 is 22.9 Å². The molecule has 4 rings (SSSR count). The third-order valence-corrected chi connectivity index (χ3v) is 7.39. The van der Waals surface area contributed by atoms with Gasteiger partial charge in [-0.3, -0.25) is 0 Å². The molecule has 0 aliphatic heterocycles. The van der Waals surface area contributed by atoms with E-state index in [1.807, 2.05) is 0 Å². The molecule has 4 aliphatic carbocycles. The number of fused-ring (bicyclic) bond motifs is 4. The summed E-state index contributed by atoms with van der Waals surface area (Å²) in [6.07, 6.45) is 8.39. The van der Waals surface area contributed by atoms with Crippen LogP contribution in [0.25, 0.3) is 0 Å². The molecule has 128 valence electrons. The van der Waals surface area contributed by atoms with Crippen LogP contribution in [0, 0.1) is 47.3 Å². The first-order valence-corrected chi connectivity index (χ1v) is 9.50. The molecule has 4 saturated carbocycles. The first-order valence-electron chi connectivity index (χ1n) is 9.50. The molecule has 4 fully saturated rings. The molecule has 4 unspecified atom stereocenters. The summed E-state index contributed by atoms with van der Waals surface area (Å²) in [7, 11) is 0. The van der Waals surface area contributed by atoms with Crippen LogP contribution in [0.1, 0.15) is 38.5 Å². The Morgan fingerprint density at radius 2 is 0.727 bits per heavy atom. The first kappa shape index (κ1) is 16.7. The monoisotopic (exact) mass is 308 g/mol. The van der Waals surface area contributed by atoms with Crippen molar-refractivity contribution < 1.29 is 0 Å². The van der Waals surface area contributed by atoms with Crippen LogP contribution in [0.3, 0.4) is 0 Å². The summed E-state index contributed by atoms with van der Waals surface area (Å²) >= 11 is 0. The van der Waals surface area contributed by atoms with E-state index in [2.05, 4.69) is 0 Å². The summed E-state index contributed by atoms with van der Waals surface area (Å²) in [6.45, 7) is 3.55. The predicted octanol–water partition coefficient (Wildman–Crippen LogP) is 1.13. The van der Waals surface area contributed by atoms with Gasteiger partial charge in [0.05, 0.1) is 0 Å². The molecular formula is C18H36N4. The summed E-state index contributed by atoms with van der Waals surface area (Å²) in [5.41, 5.74) is 22.8. The minimum absolute atomic E-state index is 0.808. The molecule has 4 aliphatic rings. The molecule has 0 amide bonds. The minimum atomic E-state index is 0.808. The van der Waals surface area contributed by atoms with Crippen LogP contribution in [-0.2, 0) is 0 Å². The third-order valence-electron chi connectivity index (χ3n) is 7.39. The first-order chi connectivity index (χ1) is 10.7. The topological polar surface area (TPSA) is 104 Å². The second-order valence-electron chi connectivity index (χ2n) is 8.46. The Kier molecular flexibility index (Phi) is 5.43. The van der Waals surface area contributed by atoms with E-state index in [9.17, 15) is 0 Å². The largest absolute Gasteiger partial charge is 0.330 e. The van der Waals surface area contributed by atoms with Crippen LogP contribution in [0.15, 0.2) is 0 Å². The van der Waals surface area contributed by atoms with Crippen molar-refractivity contribution in [2.45, 2.75) is 38.5 Å². The highest BCUT2D eigenvalue weighted by atomic mass is 14.7. The van der Waals surface area contributed by atoms with Crippen molar-refractivity contribution in [1.29, 1.82) is 0 Å². The molecule has 4 bridgehead atoms. The molecule has 0 saturated heterocycles. The quantitative estimate of drug-likeness (QED) is 0.625. The molecule has 0 radical (unpaired) electrons. The van der Waals surface area contributed by atoms with Gasteiger partial charge in [-0.1, -0.05) is 0 Å². The number of rotatable bonds is 4. The zero-order chi connectivity index (χ0) is 15.7. The van der Waals surface area contributed by atoms with Crippen molar-refractivity contribution in [2.75, 3.05) is 26.2 Å². The van der Waals surface area contributed by atoms with E-state index < -0.39 is 0 Å². The Bertz CT molecular complexity index is 299. The van der Waals surface area contributed by atoms with E-state index in [1.165, 1.54) is 38.5 Å². The maximum atomic E-state index is 5.70. The Labute approximate surface area is 135 Å². The van der Waals surface area contributed by atoms with Gasteiger partial charge >= 0.3 is 0 Å². The van der Waals surface area contributed by atoms with Gasteiger partial charge in [0.1, 0.15) is 0 Å². The Morgan fingerprint density at radius 3 is 0.909 bits per heavy atom. The van der Waals surface area contributed by atoms with Gasteiger partial charge in [0.15, 0.2) is 0 Å². The van der Waals surface area contributed by atoms with E-state index in [0.29, 0.717) is 0 Å². The predicted molar refractivity (Wildman–Crippen MR) is 91.8 cm³/mol. The lowest BCUT2D eigenvalue weighted by molar-refractivity contribution is 0.249. The summed E-state index contributed by atoms with van der Waals surface area (Å²) in [6, 6.07) is 0. The normalized spacial score (nSPS) is 48.5. The Balaban J connectivity index is 0.000000131. The zero-order valence-corrected chi connectivity index (χ0v) is 14.0. The smallest absolute Gasteiger partial charge is 0.00460 e. The van der Waals surface area contributed by atoms with Gasteiger partial charge < -0.3 is 22.9 Å². The van der Waals surface area contributed by atoms with E-state index >= 15 is 0 Å². The second-order valence-corrected chi connectivity index (χ2v) is 8.46. The third kappa shape index (κ3) is 3.08. The van der Waals surface area contributed by atoms with Crippen LogP contribution >= 0.6 is 0 Å². The molecule has 0 aromatic carbocycles. The van der Waals surface area contributed by atoms with Crippen molar-refractivity contribution >= 4 is 0 Å². The van der Waals surface area contributed by atoms with Gasteiger partial charge in [0, 0.05) is 0 Å². The minimum Gasteiger partial charge on any atom is -0.330 e. The zero-order valence-electron chi connectivity index (χ0n) is 14.0. The van der Waals surface area contributed by atoms with Crippen molar-refractivity contribution in [1.82, 2.24) is 0 Å². The molecule has 4 atom stereocenters. The number of hydrogen-bond acceptors (Lipinski definition) is 4. The van der Waals surface area contributed by atoms with Gasteiger partial charge in [-0.15, -0.1) is 0 Å². The van der Waals surface area contributed by atoms with Gasteiger partial charge in [0.2, 0.25) is 0 Å². The summed E-state index contributed by atoms with van der Waals surface area (Å²) < 4.78 is 0. The van der Waals surface area contributed by atoms with Gasteiger partial charge in [-0.2, -0.15) is 0 Å². The lowest BCUT2D eigenvalue weighted by Crippen LogP contribution is -2.30. The molecule has 8 N–H and O–H groups in total. The van der Waals surface area contributed by atoms with Crippen LogP contribution in [0.5, 0.6) is 0 Å². The Hall–Kier alpha value is -0.160. The molecule has 4 heteroatoms. The van der Waals surface area contributed by atoms with Crippen molar-refractivity contribution in [3.05, 3.63) is 0 Å². The average molecular weight is 309 g/mol. The SMILES string of the molecule is NCC1CC2CC(CN)C1C2.NCC1CC2CC(CN)C1C2. The van der Waals surface area contributed by atoms with Crippen molar-refractivity contribution in [3.63, 3.8) is 0 Å². The lowest BCUT2D eigenvalue weighted by Gasteiger charge is -2.27. The van der Waals surface area contributed by atoms with Crippen molar-refractivity contribution in [3.8, 4) is 0 Å². The fraction of sp³-hybridized carbons (Fsp3) is 1.00. The van der Waals surface area contributed by atoms with E-state index in [4.69, 9.17) is 22.9 Å². The Morgan fingerprint density at radius 1 is 0.455 bits per heavy atom. The molecular weight excluding hydrogens is 272 g/mol. The van der Waals surface area contributed by atoms with E-state index in [-0.39, 0.29) is 0 Å². The average Bonchev–Trinajstić information content (AvgIpc) is 3.32. The molecule has 0 aromatic rings.